The lowest BCUT2D eigenvalue weighted by molar-refractivity contribution is 0.884. The number of anilines is 1. The first-order valence-corrected chi connectivity index (χ1v) is 9.80. The van der Waals surface area contributed by atoms with Crippen LogP contribution in [0.15, 0.2) is 76.9 Å². The van der Waals surface area contributed by atoms with Crippen molar-refractivity contribution in [3.05, 3.63) is 93.5 Å². The first-order chi connectivity index (χ1) is 14.7. The van der Waals surface area contributed by atoms with Gasteiger partial charge in [-0.05, 0) is 24.1 Å². The third-order valence-electron chi connectivity index (χ3n) is 4.58. The zero-order valence-corrected chi connectivity index (χ0v) is 17.0. The second kappa shape index (κ2) is 8.75. The lowest BCUT2D eigenvalue weighted by Gasteiger charge is -2.02. The molecule has 4 aromatic rings. The number of hydrazone groups is 1. The Kier molecular flexibility index (Phi) is 5.72. The molecule has 0 fully saturated rings. The molecule has 150 valence electrons. The number of para-hydroxylation sites is 1. The van der Waals surface area contributed by atoms with Crippen LogP contribution >= 0.6 is 11.6 Å². The minimum Gasteiger partial charge on any atom is -0.275 e. The first kappa shape index (κ1) is 19.6. The Morgan fingerprint density at radius 3 is 2.67 bits per heavy atom. The number of hydrogen-bond donors (Lipinski definition) is 2. The third kappa shape index (κ3) is 4.16. The third-order valence-corrected chi connectivity index (χ3v) is 4.96. The summed E-state index contributed by atoms with van der Waals surface area (Å²) in [5, 5.41) is 15.0. The second-order valence-electron chi connectivity index (χ2n) is 6.56. The fraction of sp³-hybridized carbons (Fsp3) is 0.0909. The maximum Gasteiger partial charge on any atom is 0.285 e. The van der Waals surface area contributed by atoms with Gasteiger partial charge in [-0.15, -0.1) is 0 Å². The molecule has 0 aliphatic rings. The molecule has 0 saturated carbocycles. The smallest absolute Gasteiger partial charge is 0.275 e. The highest BCUT2D eigenvalue weighted by molar-refractivity contribution is 6.32. The molecule has 0 unspecified atom stereocenters. The van der Waals surface area contributed by atoms with Crippen molar-refractivity contribution in [3.63, 3.8) is 0 Å². The van der Waals surface area contributed by atoms with Crippen LogP contribution in [-0.2, 0) is 6.42 Å². The van der Waals surface area contributed by atoms with Crippen LogP contribution in [0.4, 0.5) is 5.69 Å². The Morgan fingerprint density at radius 2 is 1.93 bits per heavy atom. The van der Waals surface area contributed by atoms with Gasteiger partial charge in [0.25, 0.3) is 5.56 Å². The van der Waals surface area contributed by atoms with Crippen LogP contribution in [0.1, 0.15) is 18.1 Å². The van der Waals surface area contributed by atoms with E-state index in [-0.39, 0.29) is 5.02 Å². The van der Waals surface area contributed by atoms with Crippen LogP contribution in [0.25, 0.3) is 16.9 Å². The van der Waals surface area contributed by atoms with Gasteiger partial charge >= 0.3 is 0 Å². The molecular formula is C22H19ClN6O. The van der Waals surface area contributed by atoms with Crippen molar-refractivity contribution in [1.82, 2.24) is 20.0 Å². The number of aryl methyl sites for hydroxylation is 1. The van der Waals surface area contributed by atoms with Crippen LogP contribution in [0.2, 0.25) is 5.02 Å². The van der Waals surface area contributed by atoms with E-state index in [0.29, 0.717) is 5.69 Å². The van der Waals surface area contributed by atoms with Crippen molar-refractivity contribution in [2.45, 2.75) is 13.3 Å². The molecule has 0 atom stereocenters. The molecule has 8 heteroatoms. The van der Waals surface area contributed by atoms with Crippen LogP contribution in [0.3, 0.4) is 0 Å². The van der Waals surface area contributed by atoms with Crippen molar-refractivity contribution < 1.29 is 0 Å². The number of benzene rings is 2. The van der Waals surface area contributed by atoms with Gasteiger partial charge in [-0.25, -0.2) is 9.78 Å². The molecule has 0 saturated heterocycles. The van der Waals surface area contributed by atoms with E-state index in [9.17, 15) is 4.79 Å². The van der Waals surface area contributed by atoms with Gasteiger partial charge < -0.3 is 0 Å². The number of halogens is 1. The SMILES string of the molecule is CCc1ccc(-c2nn(-c3ccccc3)cc2/C=N\Nc2cn[nH]c(=O)c2Cl)cc1. The molecule has 2 heterocycles. The number of nitrogens with one attached hydrogen (secondary N) is 2. The molecule has 0 aliphatic heterocycles. The summed E-state index contributed by atoms with van der Waals surface area (Å²) in [5.41, 5.74) is 7.40. The molecule has 0 spiro atoms. The molecule has 7 nitrogen and oxygen atoms in total. The minimum atomic E-state index is -0.481. The molecule has 30 heavy (non-hydrogen) atoms. The Bertz CT molecular complexity index is 1230. The summed E-state index contributed by atoms with van der Waals surface area (Å²) in [4.78, 5) is 11.6. The summed E-state index contributed by atoms with van der Waals surface area (Å²) < 4.78 is 1.81. The highest BCUT2D eigenvalue weighted by Crippen LogP contribution is 2.23. The first-order valence-electron chi connectivity index (χ1n) is 9.42. The largest absolute Gasteiger partial charge is 0.285 e. The molecular weight excluding hydrogens is 400 g/mol. The summed E-state index contributed by atoms with van der Waals surface area (Å²) in [7, 11) is 0. The number of aromatic amines is 1. The highest BCUT2D eigenvalue weighted by atomic mass is 35.5. The maximum absolute atomic E-state index is 11.6. The monoisotopic (exact) mass is 418 g/mol. The average Bonchev–Trinajstić information content (AvgIpc) is 3.21. The van der Waals surface area contributed by atoms with Crippen molar-refractivity contribution in [2.24, 2.45) is 5.10 Å². The molecule has 4 rings (SSSR count). The van der Waals surface area contributed by atoms with Gasteiger partial charge in [-0.1, -0.05) is 61.0 Å². The molecule has 2 N–H and O–H groups in total. The minimum absolute atomic E-state index is 0.00231. The van der Waals surface area contributed by atoms with Crippen molar-refractivity contribution >= 4 is 23.5 Å². The number of H-pyrrole nitrogens is 1. The van der Waals surface area contributed by atoms with E-state index in [1.165, 1.54) is 11.8 Å². The zero-order chi connectivity index (χ0) is 20.9. The van der Waals surface area contributed by atoms with E-state index in [1.807, 2.05) is 41.2 Å². The van der Waals surface area contributed by atoms with Crippen LogP contribution in [0.5, 0.6) is 0 Å². The van der Waals surface area contributed by atoms with E-state index in [4.69, 9.17) is 16.7 Å². The van der Waals surface area contributed by atoms with Crippen molar-refractivity contribution in [1.29, 1.82) is 0 Å². The number of rotatable bonds is 6. The summed E-state index contributed by atoms with van der Waals surface area (Å²) in [6, 6.07) is 18.2. The van der Waals surface area contributed by atoms with Crippen molar-refractivity contribution in [2.75, 3.05) is 5.43 Å². The fourth-order valence-electron chi connectivity index (χ4n) is 2.95. The standard InChI is InChI=1S/C22H19ClN6O/c1-2-15-8-10-16(11-9-15)21-17(14-29(28-21)18-6-4-3-5-7-18)12-24-26-19-13-25-27-22(30)20(19)23/h3-14H,2H2,1H3,(H2,26,27,30)/b24-12-. The zero-order valence-electron chi connectivity index (χ0n) is 16.2. The van der Waals surface area contributed by atoms with E-state index in [2.05, 4.69) is 51.9 Å². The Balaban J connectivity index is 1.70. The summed E-state index contributed by atoms with van der Waals surface area (Å²) in [6.07, 6.45) is 5.93. The summed E-state index contributed by atoms with van der Waals surface area (Å²) in [5.74, 6) is 0. The van der Waals surface area contributed by atoms with Gasteiger partial charge in [0.05, 0.1) is 18.1 Å². The van der Waals surface area contributed by atoms with Gasteiger partial charge in [0.2, 0.25) is 0 Å². The summed E-state index contributed by atoms with van der Waals surface area (Å²) in [6.45, 7) is 2.12. The van der Waals surface area contributed by atoms with E-state index < -0.39 is 5.56 Å². The highest BCUT2D eigenvalue weighted by Gasteiger charge is 2.11. The second-order valence-corrected chi connectivity index (χ2v) is 6.94. The van der Waals surface area contributed by atoms with Crippen LogP contribution < -0.4 is 11.0 Å². The number of hydrogen-bond acceptors (Lipinski definition) is 5. The quantitative estimate of drug-likeness (QED) is 0.361. The molecule has 0 bridgehead atoms. The molecule has 0 aliphatic carbocycles. The predicted molar refractivity (Wildman–Crippen MR) is 119 cm³/mol. The van der Waals surface area contributed by atoms with E-state index in [0.717, 1.165) is 28.9 Å². The summed E-state index contributed by atoms with van der Waals surface area (Å²) >= 11 is 5.98. The normalized spacial score (nSPS) is 11.1. The predicted octanol–water partition coefficient (Wildman–Crippen LogP) is 4.28. The lowest BCUT2D eigenvalue weighted by atomic mass is 10.1. The van der Waals surface area contributed by atoms with E-state index >= 15 is 0 Å². The average molecular weight is 419 g/mol. The molecule has 2 aromatic heterocycles. The van der Waals surface area contributed by atoms with Gasteiger partial charge in [-0.3, -0.25) is 10.2 Å². The Hall–Kier alpha value is -3.71. The van der Waals surface area contributed by atoms with Crippen molar-refractivity contribution in [3.8, 4) is 16.9 Å². The molecule has 2 aromatic carbocycles. The molecule has 0 radical (unpaired) electrons. The van der Waals surface area contributed by atoms with Gasteiger partial charge in [0.1, 0.15) is 16.4 Å². The molecule has 0 amide bonds. The topological polar surface area (TPSA) is 88.0 Å². The lowest BCUT2D eigenvalue weighted by Crippen LogP contribution is -2.10. The maximum atomic E-state index is 11.6. The van der Waals surface area contributed by atoms with Gasteiger partial charge in [0.15, 0.2) is 0 Å². The van der Waals surface area contributed by atoms with Crippen LogP contribution in [0, 0.1) is 0 Å². The van der Waals surface area contributed by atoms with Gasteiger partial charge in [-0.2, -0.15) is 15.3 Å². The van der Waals surface area contributed by atoms with Crippen LogP contribution in [-0.4, -0.2) is 26.2 Å². The van der Waals surface area contributed by atoms with Gasteiger partial charge in [0, 0.05) is 17.3 Å². The Morgan fingerprint density at radius 1 is 1.17 bits per heavy atom. The fourth-order valence-corrected chi connectivity index (χ4v) is 3.08. The number of aromatic nitrogens is 4. The Labute approximate surface area is 178 Å². The number of nitrogens with zero attached hydrogens (tertiary/aromatic N) is 4. The van der Waals surface area contributed by atoms with E-state index in [1.54, 1.807) is 6.21 Å².